The molecule has 0 spiro atoms. The van der Waals surface area contributed by atoms with Gasteiger partial charge in [-0.15, -0.1) is 0 Å². The zero-order valence-corrected chi connectivity index (χ0v) is 15.9. The third-order valence-corrected chi connectivity index (χ3v) is 4.47. The lowest BCUT2D eigenvalue weighted by molar-refractivity contribution is 0.0531. The molecule has 2 aromatic rings. The number of hydrogen-bond donors (Lipinski definition) is 2. The van der Waals surface area contributed by atoms with Gasteiger partial charge in [0, 0.05) is 12.5 Å². The van der Waals surface area contributed by atoms with Gasteiger partial charge in [0.2, 0.25) is 0 Å². The standard InChI is InChI=1S/C21H28O5/c1-5-6-11-26-14(2)21(15-7-9-17(22)19(12-15)24-3)16-8-10-18(23)20(13-16)25-4/h7-10,12-14,21-23H,5-6,11H2,1-4H3. The molecule has 0 radical (unpaired) electrons. The molecular formula is C21H28O5. The van der Waals surface area contributed by atoms with Crippen molar-refractivity contribution in [1.82, 2.24) is 0 Å². The fraction of sp³-hybridized carbons (Fsp3) is 0.429. The molecule has 0 bridgehead atoms. The molecule has 0 amide bonds. The number of rotatable bonds is 9. The highest BCUT2D eigenvalue weighted by Crippen LogP contribution is 2.38. The molecule has 0 heterocycles. The van der Waals surface area contributed by atoms with Crippen LogP contribution >= 0.6 is 0 Å². The Morgan fingerprint density at radius 1 is 0.885 bits per heavy atom. The van der Waals surface area contributed by atoms with Crippen molar-refractivity contribution in [3.63, 3.8) is 0 Å². The van der Waals surface area contributed by atoms with Crippen molar-refractivity contribution in [1.29, 1.82) is 0 Å². The summed E-state index contributed by atoms with van der Waals surface area (Å²) in [6, 6.07) is 10.6. The van der Waals surface area contributed by atoms with Crippen LogP contribution in [0.25, 0.3) is 0 Å². The number of hydrogen-bond acceptors (Lipinski definition) is 5. The summed E-state index contributed by atoms with van der Waals surface area (Å²) < 4.78 is 16.6. The van der Waals surface area contributed by atoms with Crippen LogP contribution in [0.5, 0.6) is 23.0 Å². The lowest BCUT2D eigenvalue weighted by Crippen LogP contribution is -2.21. The number of unbranched alkanes of at least 4 members (excludes halogenated alkanes) is 1. The summed E-state index contributed by atoms with van der Waals surface area (Å²) in [4.78, 5) is 0. The van der Waals surface area contributed by atoms with Gasteiger partial charge in [0.15, 0.2) is 23.0 Å². The normalized spacial score (nSPS) is 12.2. The molecule has 5 nitrogen and oxygen atoms in total. The van der Waals surface area contributed by atoms with Gasteiger partial charge < -0.3 is 24.4 Å². The van der Waals surface area contributed by atoms with E-state index in [2.05, 4.69) is 6.92 Å². The number of aromatic hydroxyl groups is 2. The van der Waals surface area contributed by atoms with Crippen LogP contribution in [0.1, 0.15) is 43.7 Å². The average molecular weight is 360 g/mol. The predicted octanol–water partition coefficient (Wildman–Crippen LogP) is 4.45. The van der Waals surface area contributed by atoms with Crippen LogP contribution in [0.4, 0.5) is 0 Å². The van der Waals surface area contributed by atoms with Gasteiger partial charge >= 0.3 is 0 Å². The molecule has 0 aliphatic carbocycles. The highest BCUT2D eigenvalue weighted by atomic mass is 16.5. The van der Waals surface area contributed by atoms with Gasteiger partial charge in [-0.3, -0.25) is 0 Å². The van der Waals surface area contributed by atoms with Crippen molar-refractivity contribution in [3.8, 4) is 23.0 Å². The third-order valence-electron chi connectivity index (χ3n) is 4.47. The van der Waals surface area contributed by atoms with E-state index in [0.717, 1.165) is 24.0 Å². The first kappa shape index (κ1) is 19.9. The molecule has 26 heavy (non-hydrogen) atoms. The molecule has 0 aliphatic rings. The van der Waals surface area contributed by atoms with Crippen LogP contribution in [0.2, 0.25) is 0 Å². The summed E-state index contributed by atoms with van der Waals surface area (Å²) >= 11 is 0. The summed E-state index contributed by atoms with van der Waals surface area (Å²) in [5, 5.41) is 19.8. The number of ether oxygens (including phenoxy) is 3. The summed E-state index contributed by atoms with van der Waals surface area (Å²) in [6.45, 7) is 4.83. The summed E-state index contributed by atoms with van der Waals surface area (Å²) in [5.41, 5.74) is 1.91. The van der Waals surface area contributed by atoms with E-state index in [1.165, 1.54) is 14.2 Å². The van der Waals surface area contributed by atoms with E-state index >= 15 is 0 Å². The highest BCUT2D eigenvalue weighted by Gasteiger charge is 2.24. The number of benzene rings is 2. The summed E-state index contributed by atoms with van der Waals surface area (Å²) in [6.07, 6.45) is 1.96. The number of phenolic OH excluding ortho intramolecular Hbond substituents is 2. The fourth-order valence-electron chi connectivity index (χ4n) is 3.02. The van der Waals surface area contributed by atoms with Crippen molar-refractivity contribution < 1.29 is 24.4 Å². The Hall–Kier alpha value is -2.40. The van der Waals surface area contributed by atoms with Crippen molar-refractivity contribution in [3.05, 3.63) is 47.5 Å². The second kappa shape index (κ2) is 9.34. The van der Waals surface area contributed by atoms with Crippen molar-refractivity contribution >= 4 is 0 Å². The van der Waals surface area contributed by atoms with Gasteiger partial charge in [0.05, 0.1) is 20.3 Å². The Morgan fingerprint density at radius 2 is 1.38 bits per heavy atom. The van der Waals surface area contributed by atoms with Crippen LogP contribution in [0, 0.1) is 0 Å². The largest absolute Gasteiger partial charge is 0.504 e. The van der Waals surface area contributed by atoms with Gasteiger partial charge in [-0.2, -0.15) is 0 Å². The SMILES string of the molecule is CCCCOC(C)C(c1ccc(O)c(OC)c1)c1ccc(O)c(OC)c1. The first-order valence-corrected chi connectivity index (χ1v) is 8.87. The first-order chi connectivity index (χ1) is 12.5. The van der Waals surface area contributed by atoms with Crippen LogP contribution in [-0.4, -0.2) is 37.1 Å². The van der Waals surface area contributed by atoms with Gasteiger partial charge in [0.25, 0.3) is 0 Å². The minimum absolute atomic E-state index is 0.0952. The van der Waals surface area contributed by atoms with E-state index in [9.17, 15) is 10.2 Å². The van der Waals surface area contributed by atoms with E-state index in [-0.39, 0.29) is 23.5 Å². The van der Waals surface area contributed by atoms with Gasteiger partial charge in [-0.25, -0.2) is 0 Å². The molecule has 1 unspecified atom stereocenters. The smallest absolute Gasteiger partial charge is 0.160 e. The van der Waals surface area contributed by atoms with Gasteiger partial charge in [-0.05, 0) is 48.7 Å². The predicted molar refractivity (Wildman–Crippen MR) is 101 cm³/mol. The second-order valence-electron chi connectivity index (χ2n) is 6.27. The molecule has 0 saturated heterocycles. The average Bonchev–Trinajstić information content (AvgIpc) is 2.64. The number of methoxy groups -OCH3 is 2. The zero-order valence-electron chi connectivity index (χ0n) is 15.9. The Morgan fingerprint density at radius 3 is 1.81 bits per heavy atom. The first-order valence-electron chi connectivity index (χ1n) is 8.87. The molecule has 2 N–H and O–H groups in total. The minimum atomic E-state index is -0.106. The third kappa shape index (κ3) is 4.61. The summed E-state index contributed by atoms with van der Waals surface area (Å²) in [5.74, 6) is 0.921. The van der Waals surface area contributed by atoms with E-state index in [0.29, 0.717) is 18.1 Å². The Bertz CT molecular complexity index is 660. The highest BCUT2D eigenvalue weighted by molar-refractivity contribution is 5.49. The van der Waals surface area contributed by atoms with E-state index in [4.69, 9.17) is 14.2 Å². The second-order valence-corrected chi connectivity index (χ2v) is 6.27. The monoisotopic (exact) mass is 360 g/mol. The number of phenols is 2. The fourth-order valence-corrected chi connectivity index (χ4v) is 3.02. The molecule has 142 valence electrons. The maximum atomic E-state index is 9.91. The molecular weight excluding hydrogens is 332 g/mol. The maximum absolute atomic E-state index is 9.91. The van der Waals surface area contributed by atoms with Crippen molar-refractivity contribution in [2.45, 2.75) is 38.7 Å². The molecule has 2 rings (SSSR count). The molecule has 2 aromatic carbocycles. The van der Waals surface area contributed by atoms with E-state index in [1.807, 2.05) is 31.2 Å². The molecule has 5 heteroatoms. The molecule has 0 fully saturated rings. The van der Waals surface area contributed by atoms with Crippen LogP contribution in [0.15, 0.2) is 36.4 Å². The summed E-state index contributed by atoms with van der Waals surface area (Å²) in [7, 11) is 3.05. The van der Waals surface area contributed by atoms with Crippen molar-refractivity contribution in [2.24, 2.45) is 0 Å². The maximum Gasteiger partial charge on any atom is 0.160 e. The molecule has 0 aliphatic heterocycles. The Labute approximate surface area is 155 Å². The lowest BCUT2D eigenvalue weighted by atomic mass is 9.86. The zero-order chi connectivity index (χ0) is 19.1. The van der Waals surface area contributed by atoms with E-state index < -0.39 is 0 Å². The Kier molecular flexibility index (Phi) is 7.16. The Balaban J connectivity index is 2.45. The topological polar surface area (TPSA) is 68.2 Å². The van der Waals surface area contributed by atoms with E-state index in [1.54, 1.807) is 12.1 Å². The molecule has 1 atom stereocenters. The van der Waals surface area contributed by atoms with Crippen LogP contribution in [0.3, 0.4) is 0 Å². The minimum Gasteiger partial charge on any atom is -0.504 e. The van der Waals surface area contributed by atoms with Crippen LogP contribution in [-0.2, 0) is 4.74 Å². The van der Waals surface area contributed by atoms with Crippen molar-refractivity contribution in [2.75, 3.05) is 20.8 Å². The quantitative estimate of drug-likeness (QED) is 0.647. The van der Waals surface area contributed by atoms with Gasteiger partial charge in [0.1, 0.15) is 0 Å². The molecule has 0 saturated carbocycles. The molecule has 0 aromatic heterocycles. The van der Waals surface area contributed by atoms with Crippen LogP contribution < -0.4 is 9.47 Å². The lowest BCUT2D eigenvalue weighted by Gasteiger charge is -2.26. The van der Waals surface area contributed by atoms with Gasteiger partial charge in [-0.1, -0.05) is 25.5 Å².